The summed E-state index contributed by atoms with van der Waals surface area (Å²) in [6, 6.07) is 5.95. The third kappa shape index (κ3) is 4.99. The Morgan fingerprint density at radius 1 is 1.13 bits per heavy atom. The van der Waals surface area contributed by atoms with E-state index in [1.807, 2.05) is 45.9 Å². The van der Waals surface area contributed by atoms with Gasteiger partial charge >= 0.3 is 5.97 Å². The lowest BCUT2D eigenvalue weighted by atomic mass is 10.0. The lowest BCUT2D eigenvalue weighted by Crippen LogP contribution is -2.22. The van der Waals surface area contributed by atoms with Gasteiger partial charge in [-0.05, 0) is 49.8 Å². The second kappa shape index (κ2) is 9.55. The minimum atomic E-state index is -0.452. The summed E-state index contributed by atoms with van der Waals surface area (Å²) in [6.07, 6.45) is 2.15. The van der Waals surface area contributed by atoms with Crippen LogP contribution in [0, 0.1) is 13.8 Å². The fourth-order valence-corrected chi connectivity index (χ4v) is 3.61. The largest absolute Gasteiger partial charge is 0.456 e. The second-order valence-corrected chi connectivity index (χ2v) is 7.31. The molecular formula is C22H28N6O3. The van der Waals surface area contributed by atoms with Crippen LogP contribution in [-0.2, 0) is 33.6 Å². The summed E-state index contributed by atoms with van der Waals surface area (Å²) in [4.78, 5) is 33.0. The highest BCUT2D eigenvalue weighted by Gasteiger charge is 2.16. The van der Waals surface area contributed by atoms with Crippen molar-refractivity contribution < 1.29 is 14.3 Å². The zero-order chi connectivity index (χ0) is 22.5. The Balaban J connectivity index is 1.58. The van der Waals surface area contributed by atoms with Gasteiger partial charge < -0.3 is 15.8 Å². The first kappa shape index (κ1) is 22.2. The number of fused-ring (bicyclic) bond motifs is 1. The molecule has 1 aromatic carbocycles. The maximum absolute atomic E-state index is 12.4. The monoisotopic (exact) mass is 424 g/mol. The normalized spacial score (nSPS) is 11.0. The molecule has 0 aliphatic rings. The van der Waals surface area contributed by atoms with E-state index in [0.717, 1.165) is 46.6 Å². The van der Waals surface area contributed by atoms with E-state index in [-0.39, 0.29) is 24.9 Å². The van der Waals surface area contributed by atoms with Crippen molar-refractivity contribution in [3.8, 4) is 0 Å². The molecule has 2 aromatic heterocycles. The number of ether oxygens (including phenoxy) is 1. The molecule has 31 heavy (non-hydrogen) atoms. The smallest absolute Gasteiger partial charge is 0.306 e. The first-order valence-electron chi connectivity index (χ1n) is 10.4. The van der Waals surface area contributed by atoms with Crippen LogP contribution < -0.4 is 11.1 Å². The molecule has 0 bridgehead atoms. The number of para-hydroxylation sites is 1. The molecular weight excluding hydrogens is 396 g/mol. The van der Waals surface area contributed by atoms with Gasteiger partial charge in [0.05, 0.1) is 0 Å². The Morgan fingerprint density at radius 2 is 1.81 bits per heavy atom. The Bertz CT molecular complexity index is 1100. The van der Waals surface area contributed by atoms with Crippen LogP contribution in [0.2, 0.25) is 0 Å². The maximum atomic E-state index is 12.4. The van der Waals surface area contributed by atoms with E-state index in [1.54, 1.807) is 4.52 Å². The van der Waals surface area contributed by atoms with Gasteiger partial charge in [0.2, 0.25) is 5.95 Å². The third-order valence-corrected chi connectivity index (χ3v) is 5.27. The fraction of sp³-hybridized carbons (Fsp3) is 0.409. The number of carbonyl (C=O) groups excluding carboxylic acids is 2. The van der Waals surface area contributed by atoms with Crippen molar-refractivity contribution in [1.29, 1.82) is 0 Å². The Kier molecular flexibility index (Phi) is 6.84. The van der Waals surface area contributed by atoms with Crippen LogP contribution in [0.1, 0.15) is 48.3 Å². The van der Waals surface area contributed by atoms with E-state index in [4.69, 9.17) is 10.5 Å². The van der Waals surface area contributed by atoms with Crippen molar-refractivity contribution in [3.63, 3.8) is 0 Å². The van der Waals surface area contributed by atoms with Crippen LogP contribution in [0.4, 0.5) is 11.6 Å². The molecule has 9 nitrogen and oxygen atoms in total. The predicted octanol–water partition coefficient (Wildman–Crippen LogP) is 2.56. The van der Waals surface area contributed by atoms with Gasteiger partial charge in [0.1, 0.15) is 0 Å². The zero-order valence-electron chi connectivity index (χ0n) is 18.4. The summed E-state index contributed by atoms with van der Waals surface area (Å²) in [7, 11) is 0. The standard InChI is InChI=1S/C22H28N6O3/c1-5-15-8-7-9-16(6-2)20(15)25-18(29)12-31-19(30)11-10-17-13(3)24-22-26-21(23)27-28(22)14(17)4/h7-9H,5-6,10-12H2,1-4H3,(H2,23,27)(H,25,29). The Labute approximate surface area is 181 Å². The minimum absolute atomic E-state index is 0.123. The molecule has 0 fully saturated rings. The van der Waals surface area contributed by atoms with Gasteiger partial charge in [0.25, 0.3) is 11.7 Å². The van der Waals surface area contributed by atoms with Crippen LogP contribution >= 0.6 is 0 Å². The van der Waals surface area contributed by atoms with Crippen molar-refractivity contribution in [3.05, 3.63) is 46.3 Å². The van der Waals surface area contributed by atoms with Gasteiger partial charge in [-0.25, -0.2) is 4.98 Å². The number of anilines is 2. The summed E-state index contributed by atoms with van der Waals surface area (Å²) in [5, 5.41) is 7.02. The number of benzene rings is 1. The highest BCUT2D eigenvalue weighted by atomic mass is 16.5. The first-order chi connectivity index (χ1) is 14.8. The topological polar surface area (TPSA) is 124 Å². The number of hydrogen-bond acceptors (Lipinski definition) is 7. The van der Waals surface area contributed by atoms with Gasteiger partial charge in [-0.15, -0.1) is 5.10 Å². The fourth-order valence-electron chi connectivity index (χ4n) is 3.61. The maximum Gasteiger partial charge on any atom is 0.306 e. The van der Waals surface area contributed by atoms with Crippen molar-refractivity contribution in [2.75, 3.05) is 17.7 Å². The number of aromatic nitrogens is 4. The lowest BCUT2D eigenvalue weighted by molar-refractivity contribution is -0.147. The van der Waals surface area contributed by atoms with E-state index in [2.05, 4.69) is 20.4 Å². The molecule has 9 heteroatoms. The number of rotatable bonds is 8. The van der Waals surface area contributed by atoms with Crippen LogP contribution in [-0.4, -0.2) is 38.1 Å². The van der Waals surface area contributed by atoms with E-state index in [1.165, 1.54) is 0 Å². The van der Waals surface area contributed by atoms with E-state index in [9.17, 15) is 9.59 Å². The lowest BCUT2D eigenvalue weighted by Gasteiger charge is -2.14. The molecule has 0 aliphatic carbocycles. The summed E-state index contributed by atoms with van der Waals surface area (Å²) in [5.74, 6) is -0.230. The molecule has 3 aromatic rings. The molecule has 164 valence electrons. The van der Waals surface area contributed by atoms with Gasteiger partial charge in [0.15, 0.2) is 6.61 Å². The van der Waals surface area contributed by atoms with Crippen LogP contribution in [0.5, 0.6) is 0 Å². The quantitative estimate of drug-likeness (QED) is 0.532. The molecule has 0 spiro atoms. The van der Waals surface area contributed by atoms with Crippen LogP contribution in [0.3, 0.4) is 0 Å². The second-order valence-electron chi connectivity index (χ2n) is 7.31. The van der Waals surface area contributed by atoms with Crippen LogP contribution in [0.15, 0.2) is 18.2 Å². The highest BCUT2D eigenvalue weighted by Crippen LogP contribution is 2.22. The average Bonchev–Trinajstić information content (AvgIpc) is 3.12. The predicted molar refractivity (Wildman–Crippen MR) is 118 cm³/mol. The Morgan fingerprint density at radius 3 is 2.45 bits per heavy atom. The zero-order valence-corrected chi connectivity index (χ0v) is 18.4. The molecule has 1 amide bonds. The molecule has 0 saturated carbocycles. The van der Waals surface area contributed by atoms with Gasteiger partial charge in [-0.1, -0.05) is 32.0 Å². The number of aryl methyl sites for hydroxylation is 4. The number of amides is 1. The molecule has 3 rings (SSSR count). The van der Waals surface area contributed by atoms with E-state index >= 15 is 0 Å². The van der Waals surface area contributed by atoms with Crippen molar-refractivity contribution in [2.24, 2.45) is 0 Å². The summed E-state index contributed by atoms with van der Waals surface area (Å²) in [6.45, 7) is 7.47. The molecule has 0 unspecified atom stereocenters. The van der Waals surface area contributed by atoms with E-state index < -0.39 is 5.97 Å². The molecule has 3 N–H and O–H groups in total. The molecule has 0 atom stereocenters. The van der Waals surface area contributed by atoms with Crippen molar-refractivity contribution in [1.82, 2.24) is 19.6 Å². The average molecular weight is 425 g/mol. The molecule has 0 radical (unpaired) electrons. The summed E-state index contributed by atoms with van der Waals surface area (Å²) < 4.78 is 6.75. The first-order valence-corrected chi connectivity index (χ1v) is 10.4. The number of nitrogens with zero attached hydrogens (tertiary/aromatic N) is 4. The molecule has 0 saturated heterocycles. The summed E-state index contributed by atoms with van der Waals surface area (Å²) in [5.41, 5.74) is 11.0. The number of esters is 1. The van der Waals surface area contributed by atoms with Gasteiger partial charge in [-0.2, -0.15) is 9.50 Å². The number of hydrogen-bond donors (Lipinski definition) is 2. The van der Waals surface area contributed by atoms with Crippen molar-refractivity contribution >= 4 is 29.3 Å². The van der Waals surface area contributed by atoms with Crippen LogP contribution in [0.25, 0.3) is 5.78 Å². The minimum Gasteiger partial charge on any atom is -0.456 e. The molecule has 0 aliphatic heterocycles. The number of nitrogens with two attached hydrogens (primary N) is 1. The van der Waals surface area contributed by atoms with E-state index in [0.29, 0.717) is 12.2 Å². The number of carbonyl (C=O) groups is 2. The summed E-state index contributed by atoms with van der Waals surface area (Å²) >= 11 is 0. The molecule has 2 heterocycles. The van der Waals surface area contributed by atoms with Gasteiger partial charge in [0, 0.05) is 23.5 Å². The van der Waals surface area contributed by atoms with Crippen molar-refractivity contribution in [2.45, 2.75) is 53.4 Å². The third-order valence-electron chi connectivity index (χ3n) is 5.27. The number of nitrogens with one attached hydrogen (secondary N) is 1. The SMILES string of the molecule is CCc1cccc(CC)c1NC(=O)COC(=O)CCc1c(C)nc2nc(N)nn2c1C. The highest BCUT2D eigenvalue weighted by molar-refractivity contribution is 5.94. The van der Waals surface area contributed by atoms with Gasteiger partial charge in [-0.3, -0.25) is 9.59 Å². The number of nitrogen functional groups attached to an aromatic ring is 1. The Hall–Kier alpha value is -3.49.